The quantitative estimate of drug-likeness (QED) is 0.294. The molecule has 2 bridgehead atoms. The van der Waals surface area contributed by atoms with E-state index in [9.17, 15) is 9.90 Å². The molecule has 37 heavy (non-hydrogen) atoms. The van der Waals surface area contributed by atoms with Gasteiger partial charge in [0, 0.05) is 34.9 Å². The van der Waals surface area contributed by atoms with Crippen LogP contribution in [0.3, 0.4) is 0 Å². The topological polar surface area (TPSA) is 108 Å². The highest BCUT2D eigenvalue weighted by atomic mass is 35.5. The van der Waals surface area contributed by atoms with E-state index in [2.05, 4.69) is 15.1 Å². The van der Waals surface area contributed by atoms with Gasteiger partial charge in [0.25, 0.3) is 5.19 Å². The molecule has 1 N–H and O–H groups in total. The number of aromatic carboxylic acids is 1. The molecule has 11 heteroatoms. The lowest BCUT2D eigenvalue weighted by Crippen LogP contribution is -2.49. The second-order valence-corrected chi connectivity index (χ2v) is 12.4. The van der Waals surface area contributed by atoms with Crippen molar-refractivity contribution in [2.45, 2.75) is 76.4 Å². The van der Waals surface area contributed by atoms with Gasteiger partial charge in [-0.3, -0.25) is 4.98 Å². The maximum Gasteiger partial charge on any atom is 0.347 e. The summed E-state index contributed by atoms with van der Waals surface area (Å²) >= 11 is 14.0. The fourth-order valence-electron chi connectivity index (χ4n) is 5.70. The molecule has 7 rings (SSSR count). The summed E-state index contributed by atoms with van der Waals surface area (Å²) in [7, 11) is 0. The Morgan fingerprint density at radius 1 is 1.16 bits per heavy atom. The van der Waals surface area contributed by atoms with Gasteiger partial charge in [0.15, 0.2) is 0 Å². The number of pyridine rings is 1. The van der Waals surface area contributed by atoms with Crippen molar-refractivity contribution in [3.05, 3.63) is 44.3 Å². The van der Waals surface area contributed by atoms with E-state index >= 15 is 0 Å². The lowest BCUT2D eigenvalue weighted by atomic mass is 9.59. The summed E-state index contributed by atoms with van der Waals surface area (Å²) in [6.45, 7) is 2.65. The first-order valence-corrected chi connectivity index (χ1v) is 14.1. The van der Waals surface area contributed by atoms with Crippen molar-refractivity contribution < 1.29 is 23.9 Å². The lowest BCUT2D eigenvalue weighted by molar-refractivity contribution is -0.150. The Morgan fingerprint density at radius 3 is 2.43 bits per heavy atom. The van der Waals surface area contributed by atoms with E-state index in [4.69, 9.17) is 37.2 Å². The predicted octanol–water partition coefficient (Wildman–Crippen LogP) is 7.07. The first-order valence-electron chi connectivity index (χ1n) is 12.5. The van der Waals surface area contributed by atoms with E-state index in [1.54, 1.807) is 19.3 Å². The minimum absolute atomic E-state index is 0.0771. The highest BCUT2D eigenvalue weighted by Gasteiger charge is 2.50. The molecule has 8 nitrogen and oxygen atoms in total. The number of halogens is 2. The molecule has 3 heterocycles. The summed E-state index contributed by atoms with van der Waals surface area (Å²) in [5.41, 5.74) is 2.61. The van der Waals surface area contributed by atoms with Crippen molar-refractivity contribution in [3.8, 4) is 16.5 Å². The Morgan fingerprint density at radius 2 is 1.84 bits per heavy atom. The Hall–Kier alpha value is -2.20. The SMILES string of the molecule is Cc1nc(OCC23CCC(OCc4c(-c5c(Cl)cncc5Cl)noc4C4CC4)(CC2)CC3)sc1C(=O)O. The van der Waals surface area contributed by atoms with Crippen molar-refractivity contribution in [2.75, 3.05) is 6.61 Å². The third kappa shape index (κ3) is 4.75. The first kappa shape index (κ1) is 25.1. The average Bonchev–Trinajstić information content (AvgIpc) is 3.54. The highest BCUT2D eigenvalue weighted by Crippen LogP contribution is 2.55. The van der Waals surface area contributed by atoms with Crippen LogP contribution >= 0.6 is 34.5 Å². The van der Waals surface area contributed by atoms with Gasteiger partial charge in [0.05, 0.1) is 34.6 Å². The van der Waals surface area contributed by atoms with Gasteiger partial charge in [0.1, 0.15) is 16.3 Å². The van der Waals surface area contributed by atoms with Crippen molar-refractivity contribution >= 4 is 40.5 Å². The van der Waals surface area contributed by atoms with Gasteiger partial charge in [-0.2, -0.15) is 0 Å². The fraction of sp³-hybridized carbons (Fsp3) is 0.538. The van der Waals surface area contributed by atoms with Crippen molar-refractivity contribution in [2.24, 2.45) is 5.41 Å². The molecule has 0 aliphatic heterocycles. The van der Waals surface area contributed by atoms with Crippen LogP contribution in [0.4, 0.5) is 0 Å². The number of rotatable bonds is 9. The number of aryl methyl sites for hydroxylation is 1. The molecule has 4 fully saturated rings. The van der Waals surface area contributed by atoms with E-state index in [0.29, 0.717) is 51.3 Å². The van der Waals surface area contributed by atoms with Crippen LogP contribution in [0.1, 0.15) is 84.0 Å². The largest absolute Gasteiger partial charge is 0.477 e. The van der Waals surface area contributed by atoms with Crippen LogP contribution in [0, 0.1) is 12.3 Å². The van der Waals surface area contributed by atoms with E-state index < -0.39 is 5.97 Å². The maximum atomic E-state index is 11.3. The minimum Gasteiger partial charge on any atom is -0.477 e. The zero-order chi connectivity index (χ0) is 25.8. The molecule has 4 saturated carbocycles. The molecule has 0 saturated heterocycles. The second kappa shape index (κ2) is 9.52. The van der Waals surface area contributed by atoms with Gasteiger partial charge in [-0.15, -0.1) is 0 Å². The van der Waals surface area contributed by atoms with Crippen LogP contribution in [0.25, 0.3) is 11.3 Å². The molecule has 3 aromatic heterocycles. The third-order valence-electron chi connectivity index (χ3n) is 8.19. The second-order valence-electron chi connectivity index (χ2n) is 10.6. The van der Waals surface area contributed by atoms with Gasteiger partial charge >= 0.3 is 5.97 Å². The number of fused-ring (bicyclic) bond motifs is 3. The van der Waals surface area contributed by atoms with Crippen LogP contribution in [-0.2, 0) is 11.3 Å². The zero-order valence-electron chi connectivity index (χ0n) is 20.4. The summed E-state index contributed by atoms with van der Waals surface area (Å²) in [5, 5.41) is 15.0. The number of carboxylic acid groups (broad SMARTS) is 1. The molecule has 4 aliphatic rings. The van der Waals surface area contributed by atoms with Crippen molar-refractivity contribution in [1.82, 2.24) is 15.1 Å². The standard InChI is InChI=1S/C26H27Cl2N3O5S/c1-14-22(23(32)33)37-24(30-14)34-13-25-4-7-26(8-5-25,9-6-25)35-12-16-20(31-36-21(16)15-2-3-15)19-17(27)10-29-11-18(19)28/h10-11,15H,2-9,12-13H2,1H3,(H,32,33). The lowest BCUT2D eigenvalue weighted by Gasteiger charge is -2.52. The van der Waals surface area contributed by atoms with Crippen LogP contribution in [0.15, 0.2) is 16.9 Å². The van der Waals surface area contributed by atoms with E-state index in [1.165, 1.54) is 0 Å². The number of carboxylic acids is 1. The molecule has 4 aliphatic carbocycles. The Labute approximate surface area is 228 Å². The van der Waals surface area contributed by atoms with E-state index in [1.807, 2.05) is 0 Å². The van der Waals surface area contributed by atoms with Crippen molar-refractivity contribution in [1.29, 1.82) is 0 Å². The van der Waals surface area contributed by atoms with Gasteiger partial charge in [0.2, 0.25) is 0 Å². The summed E-state index contributed by atoms with van der Waals surface area (Å²) < 4.78 is 18.5. The number of aromatic nitrogens is 3. The van der Waals surface area contributed by atoms with Crippen molar-refractivity contribution in [3.63, 3.8) is 0 Å². The molecule has 0 amide bonds. The van der Waals surface area contributed by atoms with Crippen LogP contribution < -0.4 is 4.74 Å². The summed E-state index contributed by atoms with van der Waals surface area (Å²) in [4.78, 5) is 19.9. The van der Waals surface area contributed by atoms with E-state index in [0.717, 1.165) is 74.0 Å². The third-order valence-corrected chi connectivity index (χ3v) is 9.82. The van der Waals surface area contributed by atoms with Crippen LogP contribution in [-0.4, -0.2) is 38.4 Å². The number of hydrogen-bond donors (Lipinski definition) is 1. The number of thiazole rings is 1. The zero-order valence-corrected chi connectivity index (χ0v) is 22.7. The molecule has 0 atom stereocenters. The number of ether oxygens (including phenoxy) is 2. The van der Waals surface area contributed by atoms with Gasteiger partial charge in [-0.05, 0) is 58.3 Å². The summed E-state index contributed by atoms with van der Waals surface area (Å²) in [6, 6.07) is 0. The smallest absolute Gasteiger partial charge is 0.347 e. The maximum absolute atomic E-state index is 11.3. The number of carbonyl (C=O) groups is 1. The molecule has 3 aromatic rings. The number of hydrogen-bond acceptors (Lipinski definition) is 8. The average molecular weight is 564 g/mol. The normalized spacial score (nSPS) is 24.9. The number of nitrogens with zero attached hydrogens (tertiary/aromatic N) is 3. The molecule has 196 valence electrons. The predicted molar refractivity (Wildman–Crippen MR) is 139 cm³/mol. The fourth-order valence-corrected chi connectivity index (χ4v) is 6.99. The Kier molecular flexibility index (Phi) is 6.46. The molecule has 0 unspecified atom stereocenters. The molecule has 0 aromatic carbocycles. The monoisotopic (exact) mass is 563 g/mol. The summed E-state index contributed by atoms with van der Waals surface area (Å²) in [5.74, 6) is 0.286. The molecule has 0 spiro atoms. The Bertz CT molecular complexity index is 1310. The summed E-state index contributed by atoms with van der Waals surface area (Å²) in [6.07, 6.45) is 11.1. The minimum atomic E-state index is -0.963. The van der Waals surface area contributed by atoms with Gasteiger partial charge < -0.3 is 19.1 Å². The van der Waals surface area contributed by atoms with Crippen LogP contribution in [0.5, 0.6) is 5.19 Å². The first-order chi connectivity index (χ1) is 17.8. The van der Waals surface area contributed by atoms with Crippen LogP contribution in [0.2, 0.25) is 10.0 Å². The van der Waals surface area contributed by atoms with Gasteiger partial charge in [-0.1, -0.05) is 39.7 Å². The molecular weight excluding hydrogens is 537 g/mol. The van der Waals surface area contributed by atoms with Gasteiger partial charge in [-0.25, -0.2) is 9.78 Å². The molecule has 0 radical (unpaired) electrons. The molecular formula is C26H27Cl2N3O5S. The Balaban J connectivity index is 1.14. The highest BCUT2D eigenvalue weighted by molar-refractivity contribution is 7.15. The van der Waals surface area contributed by atoms with E-state index in [-0.39, 0.29) is 15.9 Å².